The predicted octanol–water partition coefficient (Wildman–Crippen LogP) is 6.19. The second-order valence-corrected chi connectivity index (χ2v) is 8.51. The Morgan fingerprint density at radius 3 is 2.55 bits per heavy atom. The van der Waals surface area contributed by atoms with Crippen molar-refractivity contribution in [2.24, 2.45) is 4.99 Å². The van der Waals surface area contributed by atoms with Crippen LogP contribution in [-0.2, 0) is 4.79 Å². The molecule has 164 valence electrons. The van der Waals surface area contributed by atoms with Gasteiger partial charge in [0.1, 0.15) is 0 Å². The van der Waals surface area contributed by atoms with E-state index in [2.05, 4.69) is 13.8 Å². The van der Waals surface area contributed by atoms with E-state index in [-0.39, 0.29) is 11.9 Å². The maximum atomic E-state index is 13.3. The first-order valence-corrected chi connectivity index (χ1v) is 11.5. The minimum absolute atomic E-state index is 0.0329. The summed E-state index contributed by atoms with van der Waals surface area (Å²) in [6.07, 6.45) is 3.61. The van der Waals surface area contributed by atoms with Crippen LogP contribution < -0.4 is 9.47 Å². The fourth-order valence-corrected chi connectivity index (χ4v) is 4.25. The maximum absolute atomic E-state index is 13.3. The van der Waals surface area contributed by atoms with Gasteiger partial charge in [0.25, 0.3) is 5.91 Å². The summed E-state index contributed by atoms with van der Waals surface area (Å²) in [5.41, 5.74) is 2.84. The summed E-state index contributed by atoms with van der Waals surface area (Å²) in [5.74, 6) is 1.28. The number of methoxy groups -OCH3 is 1. The zero-order chi connectivity index (χ0) is 22.4. The molecule has 0 aliphatic carbocycles. The van der Waals surface area contributed by atoms with E-state index < -0.39 is 0 Å². The van der Waals surface area contributed by atoms with Crippen molar-refractivity contribution in [3.63, 3.8) is 0 Å². The normalized spacial score (nSPS) is 17.5. The number of aliphatic imine (C=N–C) groups is 1. The van der Waals surface area contributed by atoms with Gasteiger partial charge < -0.3 is 9.47 Å². The minimum Gasteiger partial charge on any atom is -0.493 e. The third kappa shape index (κ3) is 5.31. The van der Waals surface area contributed by atoms with Crippen LogP contribution in [0.15, 0.2) is 52.4 Å². The van der Waals surface area contributed by atoms with E-state index in [1.807, 2.05) is 62.4 Å². The highest BCUT2D eigenvalue weighted by Gasteiger charge is 2.36. The van der Waals surface area contributed by atoms with E-state index in [0.717, 1.165) is 24.1 Å². The third-order valence-electron chi connectivity index (χ3n) is 5.09. The van der Waals surface area contributed by atoms with Crippen molar-refractivity contribution in [1.82, 2.24) is 4.90 Å². The second kappa shape index (κ2) is 10.5. The standard InChI is InChI=1S/C25H30N2O3S/c1-6-15-30-23-19(9-8-10-21(23)29-5)16-22-24(28)27(18(4)7-2)25(31-22)26-20-13-11-17(3)12-14-20/h8-14,16,18H,6-7,15H2,1-5H3/b22-16+,26-25?/t18-/m0/s1. The molecule has 0 bridgehead atoms. The number of hydrogen-bond donors (Lipinski definition) is 0. The van der Waals surface area contributed by atoms with E-state index >= 15 is 0 Å². The molecule has 3 rings (SSSR count). The van der Waals surface area contributed by atoms with E-state index in [1.54, 1.807) is 12.0 Å². The van der Waals surface area contributed by atoms with Crippen molar-refractivity contribution < 1.29 is 14.3 Å². The van der Waals surface area contributed by atoms with Crippen molar-refractivity contribution in [2.45, 2.75) is 46.6 Å². The lowest BCUT2D eigenvalue weighted by molar-refractivity contribution is -0.123. The highest BCUT2D eigenvalue weighted by Crippen LogP contribution is 2.39. The Morgan fingerprint density at radius 2 is 1.90 bits per heavy atom. The van der Waals surface area contributed by atoms with Gasteiger partial charge in [0.2, 0.25) is 0 Å². The van der Waals surface area contributed by atoms with Gasteiger partial charge in [-0.2, -0.15) is 0 Å². The van der Waals surface area contributed by atoms with Crippen LogP contribution in [0.1, 0.15) is 44.7 Å². The van der Waals surface area contributed by atoms with E-state index in [1.165, 1.54) is 17.3 Å². The Hall–Kier alpha value is -2.73. The van der Waals surface area contributed by atoms with Gasteiger partial charge in [0.05, 0.1) is 24.3 Å². The Labute approximate surface area is 189 Å². The first-order valence-electron chi connectivity index (χ1n) is 10.7. The van der Waals surface area contributed by atoms with Crippen LogP contribution in [0.25, 0.3) is 6.08 Å². The fourth-order valence-electron chi connectivity index (χ4n) is 3.17. The SMILES string of the molecule is CCCOc1c(/C=C2/SC(=Nc3ccc(C)cc3)N([C@@H](C)CC)C2=O)cccc1OC. The average molecular weight is 439 g/mol. The summed E-state index contributed by atoms with van der Waals surface area (Å²) >= 11 is 1.40. The van der Waals surface area contributed by atoms with Gasteiger partial charge in [-0.1, -0.05) is 43.7 Å². The molecule has 5 nitrogen and oxygen atoms in total. The number of aryl methyl sites for hydroxylation is 1. The summed E-state index contributed by atoms with van der Waals surface area (Å²) in [6.45, 7) is 8.81. The number of carbonyl (C=O) groups excluding carboxylic acids is 1. The Morgan fingerprint density at radius 1 is 1.16 bits per heavy atom. The van der Waals surface area contributed by atoms with Crippen LogP contribution >= 0.6 is 11.8 Å². The number of benzene rings is 2. The Bertz CT molecular complexity index is 983. The number of hydrogen-bond acceptors (Lipinski definition) is 5. The average Bonchev–Trinajstić information content (AvgIpc) is 3.08. The summed E-state index contributed by atoms with van der Waals surface area (Å²) in [7, 11) is 1.62. The molecule has 0 unspecified atom stereocenters. The van der Waals surface area contributed by atoms with E-state index in [4.69, 9.17) is 14.5 Å². The Balaban J connectivity index is 2.01. The molecule has 1 saturated heterocycles. The summed E-state index contributed by atoms with van der Waals surface area (Å²) in [4.78, 5) is 20.5. The van der Waals surface area contributed by atoms with Gasteiger partial charge in [-0.15, -0.1) is 0 Å². The largest absolute Gasteiger partial charge is 0.493 e. The molecular formula is C25H30N2O3S. The number of amides is 1. The molecule has 1 amide bonds. The molecule has 31 heavy (non-hydrogen) atoms. The molecule has 1 aliphatic rings. The smallest absolute Gasteiger partial charge is 0.267 e. The fraction of sp³-hybridized carbons (Fsp3) is 0.360. The van der Waals surface area contributed by atoms with Gasteiger partial charge in [-0.25, -0.2) is 4.99 Å². The lowest BCUT2D eigenvalue weighted by atomic mass is 10.1. The van der Waals surface area contributed by atoms with Gasteiger partial charge in [-0.3, -0.25) is 9.69 Å². The van der Waals surface area contributed by atoms with Crippen LogP contribution in [0.5, 0.6) is 11.5 Å². The molecule has 2 aromatic carbocycles. The molecule has 0 saturated carbocycles. The highest BCUT2D eigenvalue weighted by molar-refractivity contribution is 8.18. The first kappa shape index (κ1) is 22.9. The molecule has 1 heterocycles. The number of nitrogens with zero attached hydrogens (tertiary/aromatic N) is 2. The zero-order valence-corrected chi connectivity index (χ0v) is 19.7. The van der Waals surface area contributed by atoms with Crippen molar-refractivity contribution in [2.75, 3.05) is 13.7 Å². The van der Waals surface area contributed by atoms with E-state index in [9.17, 15) is 4.79 Å². The van der Waals surface area contributed by atoms with Crippen LogP contribution in [0.4, 0.5) is 5.69 Å². The number of carbonyl (C=O) groups is 1. The minimum atomic E-state index is -0.0329. The van der Waals surface area contributed by atoms with Gasteiger partial charge in [0, 0.05) is 11.6 Å². The summed E-state index contributed by atoms with van der Waals surface area (Å²) in [5, 5.41) is 0.702. The lowest BCUT2D eigenvalue weighted by Gasteiger charge is -2.22. The molecular weight excluding hydrogens is 408 g/mol. The Kier molecular flexibility index (Phi) is 7.80. The van der Waals surface area contributed by atoms with Crippen LogP contribution in [-0.4, -0.2) is 35.7 Å². The number of ether oxygens (including phenoxy) is 2. The second-order valence-electron chi connectivity index (χ2n) is 7.50. The van der Waals surface area contributed by atoms with Crippen LogP contribution in [0.2, 0.25) is 0 Å². The van der Waals surface area contributed by atoms with Crippen LogP contribution in [0, 0.1) is 6.92 Å². The zero-order valence-electron chi connectivity index (χ0n) is 18.8. The maximum Gasteiger partial charge on any atom is 0.267 e. The summed E-state index contributed by atoms with van der Waals surface area (Å²) < 4.78 is 11.4. The monoisotopic (exact) mass is 438 g/mol. The molecule has 1 fully saturated rings. The number of amidine groups is 1. The van der Waals surface area contributed by atoms with Crippen molar-refractivity contribution in [3.05, 3.63) is 58.5 Å². The molecule has 0 N–H and O–H groups in total. The van der Waals surface area contributed by atoms with E-state index in [0.29, 0.717) is 28.2 Å². The van der Waals surface area contributed by atoms with Crippen molar-refractivity contribution >= 4 is 34.6 Å². The van der Waals surface area contributed by atoms with Gasteiger partial charge in [0.15, 0.2) is 16.7 Å². The van der Waals surface area contributed by atoms with Crippen molar-refractivity contribution in [3.8, 4) is 11.5 Å². The molecule has 0 spiro atoms. The topological polar surface area (TPSA) is 51.1 Å². The highest BCUT2D eigenvalue weighted by atomic mass is 32.2. The first-order chi connectivity index (χ1) is 15.0. The molecule has 0 radical (unpaired) electrons. The summed E-state index contributed by atoms with van der Waals surface area (Å²) in [6, 6.07) is 13.8. The number of rotatable bonds is 8. The van der Waals surface area contributed by atoms with Crippen molar-refractivity contribution in [1.29, 1.82) is 0 Å². The molecule has 2 aromatic rings. The number of para-hydroxylation sites is 1. The molecule has 1 atom stereocenters. The van der Waals surface area contributed by atoms with Gasteiger partial charge in [-0.05, 0) is 62.7 Å². The predicted molar refractivity (Wildman–Crippen MR) is 129 cm³/mol. The molecule has 0 aromatic heterocycles. The third-order valence-corrected chi connectivity index (χ3v) is 6.08. The lowest BCUT2D eigenvalue weighted by Crippen LogP contribution is -2.36. The van der Waals surface area contributed by atoms with Gasteiger partial charge >= 0.3 is 0 Å². The quantitative estimate of drug-likeness (QED) is 0.461. The van der Waals surface area contributed by atoms with Crippen LogP contribution in [0.3, 0.4) is 0 Å². The molecule has 1 aliphatic heterocycles. The number of thioether (sulfide) groups is 1. The molecule has 6 heteroatoms.